The zero-order valence-electron chi connectivity index (χ0n) is 12.7. The summed E-state index contributed by atoms with van der Waals surface area (Å²) in [5.41, 5.74) is 3.15. The molecule has 0 bridgehead atoms. The molecule has 0 aliphatic carbocycles. The van der Waals surface area contributed by atoms with Crippen LogP contribution in [0.4, 0.5) is 0 Å². The molecule has 3 rings (SSSR count). The summed E-state index contributed by atoms with van der Waals surface area (Å²) >= 11 is 5.93. The van der Waals surface area contributed by atoms with Gasteiger partial charge in [-0.05, 0) is 44.5 Å². The molecule has 0 unspecified atom stereocenters. The fraction of sp³-hybridized carbons (Fsp3) is 0.625. The highest BCUT2D eigenvalue weighted by molar-refractivity contribution is 6.17. The molecule has 0 radical (unpaired) electrons. The lowest BCUT2D eigenvalue weighted by Gasteiger charge is -2.26. The third-order valence-corrected chi connectivity index (χ3v) is 4.40. The van der Waals surface area contributed by atoms with Crippen LogP contribution in [0.3, 0.4) is 0 Å². The van der Waals surface area contributed by atoms with Crippen LogP contribution in [0.25, 0.3) is 11.2 Å². The first-order valence-electron chi connectivity index (χ1n) is 7.88. The Bertz CT molecular complexity index is 602. The predicted octanol–water partition coefficient (Wildman–Crippen LogP) is 3.01. The Morgan fingerprint density at radius 3 is 2.76 bits per heavy atom. The summed E-state index contributed by atoms with van der Waals surface area (Å²) in [6.07, 6.45) is 6.76. The van der Waals surface area contributed by atoms with Gasteiger partial charge in [-0.25, -0.2) is 9.97 Å². The molecule has 0 atom stereocenters. The van der Waals surface area contributed by atoms with Crippen LogP contribution in [0.15, 0.2) is 12.3 Å². The third kappa shape index (κ3) is 3.38. The first kappa shape index (κ1) is 14.8. The van der Waals surface area contributed by atoms with Crippen molar-refractivity contribution in [3.05, 3.63) is 23.7 Å². The Balaban J connectivity index is 1.82. The van der Waals surface area contributed by atoms with E-state index in [0.29, 0.717) is 5.88 Å². The van der Waals surface area contributed by atoms with Gasteiger partial charge in [-0.3, -0.25) is 0 Å². The maximum absolute atomic E-state index is 5.93. The van der Waals surface area contributed by atoms with Gasteiger partial charge in [-0.2, -0.15) is 0 Å². The Morgan fingerprint density at radius 1 is 1.19 bits per heavy atom. The zero-order valence-corrected chi connectivity index (χ0v) is 13.4. The quantitative estimate of drug-likeness (QED) is 0.796. The van der Waals surface area contributed by atoms with E-state index in [4.69, 9.17) is 16.6 Å². The number of hydrogen-bond acceptors (Lipinski definition) is 3. The molecule has 1 fully saturated rings. The van der Waals surface area contributed by atoms with Crippen molar-refractivity contribution in [3.63, 3.8) is 0 Å². The van der Waals surface area contributed by atoms with E-state index in [2.05, 4.69) is 27.4 Å². The highest BCUT2D eigenvalue weighted by Gasteiger charge is 2.14. The average molecular weight is 307 g/mol. The van der Waals surface area contributed by atoms with Crippen LogP contribution in [0.2, 0.25) is 0 Å². The average Bonchev–Trinajstić information content (AvgIpc) is 2.83. The Labute approximate surface area is 131 Å². The van der Waals surface area contributed by atoms with Gasteiger partial charge in [0, 0.05) is 31.6 Å². The van der Waals surface area contributed by atoms with E-state index in [1.807, 2.05) is 6.20 Å². The van der Waals surface area contributed by atoms with E-state index in [1.54, 1.807) is 0 Å². The minimum absolute atomic E-state index is 0.603. The van der Waals surface area contributed by atoms with Crippen molar-refractivity contribution in [2.24, 2.45) is 0 Å². The molecule has 3 heterocycles. The number of hydrogen-bond donors (Lipinski definition) is 0. The van der Waals surface area contributed by atoms with E-state index in [0.717, 1.165) is 42.1 Å². The van der Waals surface area contributed by atoms with Gasteiger partial charge in [0.1, 0.15) is 11.3 Å². The van der Waals surface area contributed by atoms with Gasteiger partial charge in [0.25, 0.3) is 0 Å². The lowest BCUT2D eigenvalue weighted by molar-refractivity contribution is 0.221. The molecule has 2 aromatic heterocycles. The number of pyridine rings is 1. The highest BCUT2D eigenvalue weighted by Crippen LogP contribution is 2.17. The first-order valence-corrected chi connectivity index (χ1v) is 8.41. The Morgan fingerprint density at radius 2 is 2.00 bits per heavy atom. The molecule has 1 aliphatic rings. The maximum Gasteiger partial charge on any atom is 0.160 e. The second-order valence-electron chi connectivity index (χ2n) is 5.88. The van der Waals surface area contributed by atoms with Gasteiger partial charge >= 0.3 is 0 Å². The van der Waals surface area contributed by atoms with E-state index in [1.165, 1.54) is 32.4 Å². The maximum atomic E-state index is 5.93. The number of aromatic nitrogens is 3. The summed E-state index contributed by atoms with van der Waals surface area (Å²) in [6.45, 7) is 6.55. The molecule has 2 aromatic rings. The predicted molar refractivity (Wildman–Crippen MR) is 87.0 cm³/mol. The molecule has 0 spiro atoms. The van der Waals surface area contributed by atoms with Crippen molar-refractivity contribution in [1.29, 1.82) is 0 Å². The van der Waals surface area contributed by atoms with Crippen LogP contribution in [0.5, 0.6) is 0 Å². The van der Waals surface area contributed by atoms with Crippen LogP contribution in [0.1, 0.15) is 30.7 Å². The molecule has 0 amide bonds. The normalized spacial score (nSPS) is 16.7. The number of alkyl halides is 1. The van der Waals surface area contributed by atoms with Crippen LogP contribution in [-0.4, -0.2) is 44.9 Å². The van der Waals surface area contributed by atoms with Gasteiger partial charge < -0.3 is 9.47 Å². The van der Waals surface area contributed by atoms with Crippen molar-refractivity contribution in [1.82, 2.24) is 19.4 Å². The lowest BCUT2D eigenvalue weighted by Crippen LogP contribution is -2.32. The molecular weight excluding hydrogens is 284 g/mol. The van der Waals surface area contributed by atoms with Crippen LogP contribution >= 0.6 is 11.6 Å². The van der Waals surface area contributed by atoms with E-state index >= 15 is 0 Å². The molecule has 0 N–H and O–H groups in total. The molecule has 0 saturated carbocycles. The van der Waals surface area contributed by atoms with Crippen molar-refractivity contribution in [2.45, 2.75) is 39.2 Å². The molecule has 4 nitrogen and oxygen atoms in total. The summed E-state index contributed by atoms with van der Waals surface area (Å²) in [5, 5.41) is 0. The minimum Gasteiger partial charge on any atom is -0.311 e. The van der Waals surface area contributed by atoms with Gasteiger partial charge in [0.2, 0.25) is 0 Å². The SMILES string of the molecule is Cc1cnc2c(c1)nc(CCCl)n2CCN1CCCCC1. The second kappa shape index (κ2) is 6.75. The van der Waals surface area contributed by atoms with E-state index in [9.17, 15) is 0 Å². The van der Waals surface area contributed by atoms with E-state index in [-0.39, 0.29) is 0 Å². The van der Waals surface area contributed by atoms with Gasteiger partial charge in [0.05, 0.1) is 0 Å². The van der Waals surface area contributed by atoms with Crippen molar-refractivity contribution in [2.75, 3.05) is 25.5 Å². The number of nitrogens with zero attached hydrogens (tertiary/aromatic N) is 4. The fourth-order valence-electron chi connectivity index (χ4n) is 3.09. The minimum atomic E-state index is 0.603. The highest BCUT2D eigenvalue weighted by atomic mass is 35.5. The molecule has 5 heteroatoms. The molecule has 1 aliphatic heterocycles. The number of rotatable bonds is 5. The van der Waals surface area contributed by atoms with Crippen molar-refractivity contribution in [3.8, 4) is 0 Å². The summed E-state index contributed by atoms with van der Waals surface area (Å²) in [4.78, 5) is 11.9. The Kier molecular flexibility index (Phi) is 4.76. The van der Waals surface area contributed by atoms with E-state index < -0.39 is 0 Å². The number of aryl methyl sites for hydroxylation is 2. The van der Waals surface area contributed by atoms with Crippen molar-refractivity contribution >= 4 is 22.8 Å². The van der Waals surface area contributed by atoms with Crippen LogP contribution < -0.4 is 0 Å². The standard InChI is InChI=1S/C16H23ClN4/c1-13-11-14-16(18-12-13)21(15(19-14)5-6-17)10-9-20-7-3-2-4-8-20/h11-12H,2-10H2,1H3. The molecule has 1 saturated heterocycles. The summed E-state index contributed by atoms with van der Waals surface area (Å²) in [6, 6.07) is 2.11. The van der Waals surface area contributed by atoms with Gasteiger partial charge in [-0.15, -0.1) is 11.6 Å². The third-order valence-electron chi connectivity index (χ3n) is 4.21. The van der Waals surface area contributed by atoms with Gasteiger partial charge in [0.15, 0.2) is 5.65 Å². The molecule has 0 aromatic carbocycles. The fourth-order valence-corrected chi connectivity index (χ4v) is 3.26. The summed E-state index contributed by atoms with van der Waals surface area (Å²) in [5.74, 6) is 1.67. The number of piperidine rings is 1. The molecular formula is C16H23ClN4. The van der Waals surface area contributed by atoms with Gasteiger partial charge in [-0.1, -0.05) is 6.42 Å². The number of likely N-dealkylation sites (tertiary alicyclic amines) is 1. The smallest absolute Gasteiger partial charge is 0.160 e. The van der Waals surface area contributed by atoms with Crippen molar-refractivity contribution < 1.29 is 0 Å². The number of halogens is 1. The zero-order chi connectivity index (χ0) is 14.7. The topological polar surface area (TPSA) is 34.0 Å². The molecule has 21 heavy (non-hydrogen) atoms. The molecule has 114 valence electrons. The lowest BCUT2D eigenvalue weighted by atomic mass is 10.1. The Hall–Kier alpha value is -1.13. The first-order chi connectivity index (χ1) is 10.3. The summed E-state index contributed by atoms with van der Waals surface area (Å²) < 4.78 is 2.26. The summed E-state index contributed by atoms with van der Waals surface area (Å²) in [7, 11) is 0. The second-order valence-corrected chi connectivity index (χ2v) is 6.25. The van der Waals surface area contributed by atoms with Crippen LogP contribution in [0, 0.1) is 6.92 Å². The largest absolute Gasteiger partial charge is 0.311 e. The van der Waals surface area contributed by atoms with Crippen LogP contribution in [-0.2, 0) is 13.0 Å². The number of fused-ring (bicyclic) bond motifs is 1. The monoisotopic (exact) mass is 306 g/mol. The number of imidazole rings is 1.